The molecule has 2 aromatic heterocycles. The maximum absolute atomic E-state index is 12.8. The van der Waals surface area contributed by atoms with E-state index in [-0.39, 0.29) is 29.7 Å². The van der Waals surface area contributed by atoms with Gasteiger partial charge in [-0.25, -0.2) is 9.20 Å². The summed E-state index contributed by atoms with van der Waals surface area (Å²) < 4.78 is 2.49. The lowest BCUT2D eigenvalue weighted by Gasteiger charge is -2.33. The first-order chi connectivity index (χ1) is 12.1. The quantitative estimate of drug-likeness (QED) is 0.756. The van der Waals surface area contributed by atoms with Crippen molar-refractivity contribution in [3.8, 4) is 5.75 Å². The Kier molecular flexibility index (Phi) is 3.52. The van der Waals surface area contributed by atoms with E-state index in [2.05, 4.69) is 17.1 Å². The average molecular weight is 339 g/mol. The molecule has 8 nitrogen and oxygen atoms in total. The highest BCUT2D eigenvalue weighted by molar-refractivity contribution is 5.96. The number of phenols is 1. The summed E-state index contributed by atoms with van der Waals surface area (Å²) in [5, 5.41) is 18.2. The van der Waals surface area contributed by atoms with Gasteiger partial charge in [-0.3, -0.25) is 9.59 Å². The Morgan fingerprint density at radius 3 is 3.00 bits per heavy atom. The lowest BCUT2D eigenvalue weighted by molar-refractivity contribution is -0.119. The minimum atomic E-state index is -0.378. The van der Waals surface area contributed by atoms with Crippen molar-refractivity contribution in [1.82, 2.24) is 19.4 Å². The van der Waals surface area contributed by atoms with Crippen molar-refractivity contribution in [3.63, 3.8) is 0 Å². The molecule has 0 aliphatic carbocycles. The molecule has 0 saturated carbocycles. The fourth-order valence-electron chi connectivity index (χ4n) is 3.28. The van der Waals surface area contributed by atoms with E-state index >= 15 is 0 Å². The molecule has 0 radical (unpaired) electrons. The Balaban J connectivity index is 1.69. The number of hydrogen-bond donors (Lipinski definition) is 1. The Morgan fingerprint density at radius 2 is 2.16 bits per heavy atom. The van der Waals surface area contributed by atoms with Gasteiger partial charge in [0.05, 0.1) is 11.9 Å². The number of benzene rings is 1. The van der Waals surface area contributed by atoms with Crippen molar-refractivity contribution in [2.45, 2.75) is 25.8 Å². The minimum absolute atomic E-state index is 0.0731. The number of carbonyl (C=O) groups excluding carboxylic acids is 1. The third-order valence-corrected chi connectivity index (χ3v) is 4.64. The molecule has 1 aliphatic rings. The lowest BCUT2D eigenvalue weighted by atomic mass is 9.91. The summed E-state index contributed by atoms with van der Waals surface area (Å²) in [4.78, 5) is 26.7. The molecule has 1 atom stereocenters. The van der Waals surface area contributed by atoms with Crippen LogP contribution in [0.5, 0.6) is 5.75 Å². The zero-order valence-electron chi connectivity index (χ0n) is 13.7. The van der Waals surface area contributed by atoms with Gasteiger partial charge in [-0.15, -0.1) is 0 Å². The Labute approximate surface area is 142 Å². The number of amides is 1. The molecule has 25 heavy (non-hydrogen) atoms. The van der Waals surface area contributed by atoms with Crippen LogP contribution >= 0.6 is 0 Å². The van der Waals surface area contributed by atoms with Gasteiger partial charge in [0, 0.05) is 6.54 Å². The second-order valence-electron chi connectivity index (χ2n) is 6.20. The maximum atomic E-state index is 12.8. The highest BCUT2D eigenvalue weighted by atomic mass is 16.3. The van der Waals surface area contributed by atoms with Crippen molar-refractivity contribution < 1.29 is 9.90 Å². The van der Waals surface area contributed by atoms with Gasteiger partial charge in [0.2, 0.25) is 5.91 Å². The van der Waals surface area contributed by atoms with E-state index in [1.165, 1.54) is 17.0 Å². The van der Waals surface area contributed by atoms with Crippen LogP contribution in [0.4, 0.5) is 5.69 Å². The largest absolute Gasteiger partial charge is 0.506 e. The summed E-state index contributed by atoms with van der Waals surface area (Å²) >= 11 is 0. The molecule has 3 aromatic rings. The number of fused-ring (bicyclic) bond motifs is 2. The fourth-order valence-corrected chi connectivity index (χ4v) is 3.28. The number of phenolic OH excluding ortho intramolecular Hbond substituents is 1. The first kappa shape index (κ1) is 15.4. The van der Waals surface area contributed by atoms with Crippen LogP contribution in [-0.4, -0.2) is 37.0 Å². The summed E-state index contributed by atoms with van der Waals surface area (Å²) in [7, 11) is 0. The van der Waals surface area contributed by atoms with Gasteiger partial charge in [-0.1, -0.05) is 19.1 Å². The lowest BCUT2D eigenvalue weighted by Crippen LogP contribution is -2.41. The van der Waals surface area contributed by atoms with E-state index < -0.39 is 0 Å². The van der Waals surface area contributed by atoms with Gasteiger partial charge < -0.3 is 10.0 Å². The topological polar surface area (TPSA) is 92.7 Å². The van der Waals surface area contributed by atoms with Crippen LogP contribution in [0, 0.1) is 0 Å². The van der Waals surface area contributed by atoms with Gasteiger partial charge in [-0.2, -0.15) is 10.2 Å². The van der Waals surface area contributed by atoms with Gasteiger partial charge in [0.1, 0.15) is 24.1 Å². The van der Waals surface area contributed by atoms with E-state index in [9.17, 15) is 14.7 Å². The molecule has 8 heteroatoms. The number of rotatable bonds is 2. The number of hydrogen-bond acceptors (Lipinski definition) is 5. The van der Waals surface area contributed by atoms with Crippen molar-refractivity contribution in [1.29, 1.82) is 0 Å². The summed E-state index contributed by atoms with van der Waals surface area (Å²) in [6.07, 6.45) is 3.70. The van der Waals surface area contributed by atoms with Crippen molar-refractivity contribution in [2.24, 2.45) is 0 Å². The summed E-state index contributed by atoms with van der Waals surface area (Å²) in [5.74, 6) is 0.0483. The zero-order valence-corrected chi connectivity index (χ0v) is 13.7. The maximum Gasteiger partial charge on any atom is 0.293 e. The number of nitrogens with zero attached hydrogens (tertiary/aromatic N) is 5. The normalized spacial score (nSPS) is 16.8. The van der Waals surface area contributed by atoms with Gasteiger partial charge in [-0.05, 0) is 30.0 Å². The van der Waals surface area contributed by atoms with E-state index in [0.717, 1.165) is 16.7 Å². The molecule has 1 unspecified atom stereocenters. The summed E-state index contributed by atoms with van der Waals surface area (Å²) in [6, 6.07) is 6.84. The number of aromatic hydroxyl groups is 1. The molecule has 128 valence electrons. The molecule has 4 rings (SSSR count). The average Bonchev–Trinajstić information content (AvgIpc) is 3.08. The molecule has 3 heterocycles. The predicted octanol–water partition coefficient (Wildman–Crippen LogP) is 1.14. The monoisotopic (exact) mass is 339 g/mol. The Hall–Kier alpha value is -3.16. The third kappa shape index (κ3) is 2.46. The first-order valence-electron chi connectivity index (χ1n) is 8.08. The van der Waals surface area contributed by atoms with Crippen LogP contribution in [-0.2, 0) is 11.3 Å². The Morgan fingerprint density at radius 1 is 1.32 bits per heavy atom. The number of aromatic nitrogens is 4. The molecule has 1 aliphatic heterocycles. The summed E-state index contributed by atoms with van der Waals surface area (Å²) in [6.45, 7) is 2.37. The minimum Gasteiger partial charge on any atom is -0.506 e. The second-order valence-corrected chi connectivity index (χ2v) is 6.20. The molecule has 0 fully saturated rings. The highest BCUT2D eigenvalue weighted by Crippen LogP contribution is 2.40. The van der Waals surface area contributed by atoms with E-state index in [1.54, 1.807) is 23.1 Å². The SMILES string of the molecule is CC1CCN(C(=O)Cn2ncn3nccc3c2=O)c2c(O)cccc21. The van der Waals surface area contributed by atoms with Gasteiger partial charge in [0.15, 0.2) is 0 Å². The van der Waals surface area contributed by atoms with Crippen molar-refractivity contribution in [2.75, 3.05) is 11.4 Å². The molecule has 0 spiro atoms. The Bertz CT molecular complexity index is 1020. The van der Waals surface area contributed by atoms with Crippen molar-refractivity contribution in [3.05, 3.63) is 52.7 Å². The number of para-hydroxylation sites is 1. The van der Waals surface area contributed by atoms with Crippen LogP contribution in [0.1, 0.15) is 24.8 Å². The molecule has 1 aromatic carbocycles. The zero-order chi connectivity index (χ0) is 17.6. The smallest absolute Gasteiger partial charge is 0.293 e. The standard InChI is InChI=1S/C17H17N5O3/c1-11-6-8-20(16-12(11)3-2-4-14(16)23)15(24)9-21-17(25)13-5-7-18-22(13)10-19-21/h2-5,7,10-11,23H,6,8-9H2,1H3. The third-order valence-electron chi connectivity index (χ3n) is 4.64. The molecular formula is C17H17N5O3. The fraction of sp³-hybridized carbons (Fsp3) is 0.294. The molecule has 1 N–H and O–H groups in total. The van der Waals surface area contributed by atoms with Crippen LogP contribution in [0.25, 0.3) is 5.52 Å². The molecule has 0 saturated heterocycles. The van der Waals surface area contributed by atoms with E-state index in [1.807, 2.05) is 6.07 Å². The predicted molar refractivity (Wildman–Crippen MR) is 90.7 cm³/mol. The van der Waals surface area contributed by atoms with E-state index in [4.69, 9.17) is 0 Å². The van der Waals surface area contributed by atoms with Crippen LogP contribution in [0.3, 0.4) is 0 Å². The highest BCUT2D eigenvalue weighted by Gasteiger charge is 2.29. The van der Waals surface area contributed by atoms with Crippen LogP contribution < -0.4 is 10.5 Å². The van der Waals surface area contributed by atoms with Gasteiger partial charge in [0.25, 0.3) is 5.56 Å². The van der Waals surface area contributed by atoms with Gasteiger partial charge >= 0.3 is 0 Å². The van der Waals surface area contributed by atoms with Crippen LogP contribution in [0.15, 0.2) is 41.6 Å². The molecular weight excluding hydrogens is 322 g/mol. The first-order valence-corrected chi connectivity index (χ1v) is 8.08. The van der Waals surface area contributed by atoms with Crippen molar-refractivity contribution >= 4 is 17.1 Å². The number of anilines is 1. The van der Waals surface area contributed by atoms with E-state index in [0.29, 0.717) is 17.7 Å². The molecule has 1 amide bonds. The second kappa shape index (κ2) is 5.73. The van der Waals surface area contributed by atoms with Crippen LogP contribution in [0.2, 0.25) is 0 Å². The molecule has 0 bridgehead atoms. The number of carbonyl (C=O) groups is 1. The summed E-state index contributed by atoms with van der Waals surface area (Å²) in [5.41, 5.74) is 1.45.